The van der Waals surface area contributed by atoms with Crippen LogP contribution in [-0.2, 0) is 9.59 Å². The summed E-state index contributed by atoms with van der Waals surface area (Å²) in [5.41, 5.74) is 1.52. The molecule has 0 unspecified atom stereocenters. The Balaban J connectivity index is 1.68. The van der Waals surface area contributed by atoms with Crippen LogP contribution in [0, 0.1) is 12.3 Å². The van der Waals surface area contributed by atoms with Crippen molar-refractivity contribution >= 4 is 17.7 Å². The maximum absolute atomic E-state index is 12.5. The number of carbonyl (C=O) groups is 3. The first-order valence-corrected chi connectivity index (χ1v) is 7.66. The molecule has 2 aliphatic heterocycles. The molecule has 5 nitrogen and oxygen atoms in total. The van der Waals surface area contributed by atoms with Crippen molar-refractivity contribution in [2.45, 2.75) is 32.6 Å². The molecule has 0 radical (unpaired) electrons. The molecule has 116 valence electrons. The van der Waals surface area contributed by atoms with Gasteiger partial charge in [0.15, 0.2) is 0 Å². The van der Waals surface area contributed by atoms with E-state index in [-0.39, 0.29) is 23.1 Å². The highest BCUT2D eigenvalue weighted by molar-refractivity contribution is 5.98. The van der Waals surface area contributed by atoms with Crippen molar-refractivity contribution in [3.63, 3.8) is 0 Å². The molecule has 2 fully saturated rings. The van der Waals surface area contributed by atoms with Gasteiger partial charge in [-0.05, 0) is 37.3 Å². The number of amides is 3. The number of rotatable bonds is 1. The Kier molecular flexibility index (Phi) is 3.72. The molecule has 0 aliphatic carbocycles. The largest absolute Gasteiger partial charge is 0.339 e. The van der Waals surface area contributed by atoms with Crippen LogP contribution in [0.25, 0.3) is 0 Å². The van der Waals surface area contributed by atoms with E-state index in [0.29, 0.717) is 44.3 Å². The van der Waals surface area contributed by atoms with E-state index in [1.807, 2.05) is 36.1 Å². The zero-order valence-electron chi connectivity index (χ0n) is 12.7. The molecule has 0 atom stereocenters. The zero-order chi connectivity index (χ0) is 15.7. The quantitative estimate of drug-likeness (QED) is 0.802. The van der Waals surface area contributed by atoms with E-state index in [4.69, 9.17) is 0 Å². The number of nitrogens with one attached hydrogen (secondary N) is 1. The second kappa shape index (κ2) is 5.55. The summed E-state index contributed by atoms with van der Waals surface area (Å²) in [6.45, 7) is 3.18. The van der Waals surface area contributed by atoms with E-state index < -0.39 is 0 Å². The Morgan fingerprint density at radius 2 is 1.77 bits per heavy atom. The summed E-state index contributed by atoms with van der Waals surface area (Å²) >= 11 is 0. The monoisotopic (exact) mass is 300 g/mol. The summed E-state index contributed by atoms with van der Waals surface area (Å²) in [7, 11) is 0. The van der Waals surface area contributed by atoms with Gasteiger partial charge in [-0.15, -0.1) is 0 Å². The molecule has 2 saturated heterocycles. The normalized spacial score (nSPS) is 20.9. The summed E-state index contributed by atoms with van der Waals surface area (Å²) in [6, 6.07) is 7.58. The molecule has 2 aliphatic rings. The zero-order valence-corrected chi connectivity index (χ0v) is 12.7. The summed E-state index contributed by atoms with van der Waals surface area (Å²) in [5, 5.41) is 2.36. The van der Waals surface area contributed by atoms with Crippen molar-refractivity contribution in [3.8, 4) is 0 Å². The molecular weight excluding hydrogens is 280 g/mol. The molecule has 5 heteroatoms. The van der Waals surface area contributed by atoms with Gasteiger partial charge in [0.25, 0.3) is 5.91 Å². The van der Waals surface area contributed by atoms with Crippen molar-refractivity contribution < 1.29 is 14.4 Å². The number of hydrogen-bond donors (Lipinski definition) is 1. The molecule has 1 spiro atoms. The second-order valence-corrected chi connectivity index (χ2v) is 6.49. The van der Waals surface area contributed by atoms with Gasteiger partial charge in [0, 0.05) is 31.5 Å². The molecule has 0 aromatic heterocycles. The summed E-state index contributed by atoms with van der Waals surface area (Å²) in [5.74, 6) is -0.338. The third-order valence-corrected chi connectivity index (χ3v) is 4.73. The van der Waals surface area contributed by atoms with Crippen LogP contribution >= 0.6 is 0 Å². The lowest BCUT2D eigenvalue weighted by atomic mass is 9.71. The van der Waals surface area contributed by atoms with Gasteiger partial charge in [-0.25, -0.2) is 0 Å². The summed E-state index contributed by atoms with van der Waals surface area (Å²) in [6.07, 6.45) is 2.21. The van der Waals surface area contributed by atoms with Crippen molar-refractivity contribution in [3.05, 3.63) is 35.4 Å². The minimum Gasteiger partial charge on any atom is -0.339 e. The highest BCUT2D eigenvalue weighted by Crippen LogP contribution is 2.40. The Morgan fingerprint density at radius 3 is 2.36 bits per heavy atom. The standard InChI is InChI=1S/C17H20N2O3/c1-12-3-2-4-13(9-12)16(22)19-7-5-17(6-8-19)10-14(20)18-15(21)11-17/h2-4,9H,5-8,10-11H2,1H3,(H,18,20,21). The first-order chi connectivity index (χ1) is 10.5. The number of benzene rings is 1. The first-order valence-electron chi connectivity index (χ1n) is 7.66. The minimum absolute atomic E-state index is 0.0325. The number of likely N-dealkylation sites (tertiary alicyclic amines) is 1. The average molecular weight is 300 g/mol. The fourth-order valence-electron chi connectivity index (χ4n) is 3.49. The number of imide groups is 1. The highest BCUT2D eigenvalue weighted by atomic mass is 16.2. The lowest BCUT2D eigenvalue weighted by Gasteiger charge is -2.43. The third kappa shape index (κ3) is 2.89. The molecule has 1 aromatic rings. The Hall–Kier alpha value is -2.17. The predicted molar refractivity (Wildman–Crippen MR) is 81.1 cm³/mol. The van der Waals surface area contributed by atoms with E-state index in [1.165, 1.54) is 0 Å². The van der Waals surface area contributed by atoms with Gasteiger partial charge in [0.1, 0.15) is 0 Å². The Morgan fingerprint density at radius 1 is 1.14 bits per heavy atom. The van der Waals surface area contributed by atoms with Gasteiger partial charge in [0.2, 0.25) is 11.8 Å². The van der Waals surface area contributed by atoms with Crippen LogP contribution in [0.3, 0.4) is 0 Å². The van der Waals surface area contributed by atoms with E-state index in [9.17, 15) is 14.4 Å². The maximum atomic E-state index is 12.5. The summed E-state index contributed by atoms with van der Waals surface area (Å²) < 4.78 is 0. The molecule has 2 heterocycles. The van der Waals surface area contributed by atoms with Crippen LogP contribution in [-0.4, -0.2) is 35.7 Å². The molecule has 3 amide bonds. The minimum atomic E-state index is -0.247. The average Bonchev–Trinajstić information content (AvgIpc) is 2.46. The van der Waals surface area contributed by atoms with Crippen molar-refractivity contribution in [1.82, 2.24) is 10.2 Å². The van der Waals surface area contributed by atoms with Crippen LogP contribution in [0.5, 0.6) is 0 Å². The van der Waals surface area contributed by atoms with Gasteiger partial charge in [0.05, 0.1) is 0 Å². The maximum Gasteiger partial charge on any atom is 0.253 e. The topological polar surface area (TPSA) is 66.5 Å². The van der Waals surface area contributed by atoms with Crippen LogP contribution in [0.1, 0.15) is 41.6 Å². The van der Waals surface area contributed by atoms with Gasteiger partial charge in [-0.3, -0.25) is 19.7 Å². The molecule has 3 rings (SSSR count). The van der Waals surface area contributed by atoms with Crippen LogP contribution in [0.4, 0.5) is 0 Å². The van der Waals surface area contributed by atoms with Crippen LogP contribution in [0.2, 0.25) is 0 Å². The number of hydrogen-bond acceptors (Lipinski definition) is 3. The lowest BCUT2D eigenvalue weighted by molar-refractivity contribution is -0.139. The van der Waals surface area contributed by atoms with Crippen molar-refractivity contribution in [1.29, 1.82) is 0 Å². The van der Waals surface area contributed by atoms with Crippen LogP contribution < -0.4 is 5.32 Å². The molecule has 0 saturated carbocycles. The van der Waals surface area contributed by atoms with E-state index in [2.05, 4.69) is 5.32 Å². The Labute approximate surface area is 129 Å². The van der Waals surface area contributed by atoms with Crippen LogP contribution in [0.15, 0.2) is 24.3 Å². The Bertz CT molecular complexity index is 613. The third-order valence-electron chi connectivity index (χ3n) is 4.73. The number of aryl methyl sites for hydroxylation is 1. The fourth-order valence-corrected chi connectivity index (χ4v) is 3.49. The van der Waals surface area contributed by atoms with Gasteiger partial charge in [-0.2, -0.15) is 0 Å². The van der Waals surface area contributed by atoms with Gasteiger partial charge >= 0.3 is 0 Å². The van der Waals surface area contributed by atoms with Crippen molar-refractivity contribution in [2.75, 3.05) is 13.1 Å². The van der Waals surface area contributed by atoms with E-state index in [1.54, 1.807) is 0 Å². The fraction of sp³-hybridized carbons (Fsp3) is 0.471. The number of piperidine rings is 2. The molecule has 0 bridgehead atoms. The summed E-state index contributed by atoms with van der Waals surface area (Å²) in [4.78, 5) is 37.6. The first kappa shape index (κ1) is 14.8. The second-order valence-electron chi connectivity index (χ2n) is 6.49. The predicted octanol–water partition coefficient (Wildman–Crippen LogP) is 1.65. The molecular formula is C17H20N2O3. The highest BCUT2D eigenvalue weighted by Gasteiger charge is 2.42. The van der Waals surface area contributed by atoms with Gasteiger partial charge < -0.3 is 4.90 Å². The number of nitrogens with zero attached hydrogens (tertiary/aromatic N) is 1. The van der Waals surface area contributed by atoms with Gasteiger partial charge in [-0.1, -0.05) is 17.7 Å². The lowest BCUT2D eigenvalue weighted by Crippen LogP contribution is -2.50. The van der Waals surface area contributed by atoms with Crippen molar-refractivity contribution in [2.24, 2.45) is 5.41 Å². The SMILES string of the molecule is Cc1cccc(C(=O)N2CCC3(CC2)CC(=O)NC(=O)C3)c1. The smallest absolute Gasteiger partial charge is 0.253 e. The van der Waals surface area contributed by atoms with E-state index in [0.717, 1.165) is 5.56 Å². The number of carbonyl (C=O) groups excluding carboxylic acids is 3. The molecule has 1 N–H and O–H groups in total. The van der Waals surface area contributed by atoms with E-state index >= 15 is 0 Å². The molecule has 22 heavy (non-hydrogen) atoms. The molecule has 1 aromatic carbocycles.